The summed E-state index contributed by atoms with van der Waals surface area (Å²) in [5.41, 5.74) is 10.0. The molecule has 0 saturated heterocycles. The Hall–Kier alpha value is -2.94. The molecule has 2 heterocycles. The standard InChI is InChI=1S/C22H20N3/c1-14-6-4-5-7-21(14)25-13-17-10-16-11-20-18(9-8-15(2)23-20)19(16)12-22(17)24(25)3/h4-10,12-13H,11H2,1-3H3/q+1. The van der Waals surface area contributed by atoms with E-state index in [1.807, 2.05) is 0 Å². The van der Waals surface area contributed by atoms with Crippen molar-refractivity contribution in [2.24, 2.45) is 7.05 Å². The fourth-order valence-electron chi connectivity index (χ4n) is 3.99. The second-order valence-corrected chi connectivity index (χ2v) is 6.98. The van der Waals surface area contributed by atoms with E-state index in [1.165, 1.54) is 44.5 Å². The van der Waals surface area contributed by atoms with Crippen LogP contribution in [0.3, 0.4) is 0 Å². The molecular weight excluding hydrogens is 306 g/mol. The molecule has 0 fully saturated rings. The van der Waals surface area contributed by atoms with Crippen LogP contribution in [0.5, 0.6) is 0 Å². The van der Waals surface area contributed by atoms with Crippen LogP contribution in [-0.2, 0) is 13.5 Å². The summed E-state index contributed by atoms with van der Waals surface area (Å²) in [5, 5.41) is 1.27. The number of aryl methyl sites for hydroxylation is 3. The molecule has 0 saturated carbocycles. The Labute approximate surface area is 147 Å². The molecule has 0 amide bonds. The average Bonchev–Trinajstić information content (AvgIpc) is 3.10. The van der Waals surface area contributed by atoms with Gasteiger partial charge in [-0.25, -0.2) is 0 Å². The van der Waals surface area contributed by atoms with Gasteiger partial charge in [-0.05, 0) is 43.2 Å². The molecule has 0 aliphatic heterocycles. The van der Waals surface area contributed by atoms with Crippen LogP contribution in [0, 0.1) is 13.8 Å². The van der Waals surface area contributed by atoms with Gasteiger partial charge < -0.3 is 0 Å². The molecule has 122 valence electrons. The number of nitrogens with zero attached hydrogens (tertiary/aromatic N) is 3. The lowest BCUT2D eigenvalue weighted by molar-refractivity contribution is -0.680. The Morgan fingerprint density at radius 3 is 2.68 bits per heavy atom. The van der Waals surface area contributed by atoms with Crippen LogP contribution in [0.2, 0.25) is 0 Å². The molecular formula is C22H20N3+. The largest absolute Gasteiger partial charge is 0.257 e. The Bertz CT molecular complexity index is 1150. The predicted molar refractivity (Wildman–Crippen MR) is 100.0 cm³/mol. The van der Waals surface area contributed by atoms with Gasteiger partial charge in [0.2, 0.25) is 11.9 Å². The maximum atomic E-state index is 4.73. The molecule has 0 spiro atoms. The number of fused-ring (bicyclic) bond motifs is 4. The summed E-state index contributed by atoms with van der Waals surface area (Å²) in [6.45, 7) is 4.22. The average molecular weight is 326 g/mol. The molecule has 4 aromatic rings. The van der Waals surface area contributed by atoms with Crippen molar-refractivity contribution in [1.82, 2.24) is 9.67 Å². The SMILES string of the molecule is Cc1ccc2c(n1)Cc1cc3c[n+](-c4ccccc4C)n(C)c3cc1-2. The summed E-state index contributed by atoms with van der Waals surface area (Å²) in [4.78, 5) is 4.73. The van der Waals surface area contributed by atoms with Gasteiger partial charge in [-0.1, -0.05) is 28.9 Å². The van der Waals surface area contributed by atoms with Crippen LogP contribution in [0.1, 0.15) is 22.5 Å². The normalized spacial score (nSPS) is 12.4. The Morgan fingerprint density at radius 2 is 1.84 bits per heavy atom. The quantitative estimate of drug-likeness (QED) is 0.426. The van der Waals surface area contributed by atoms with E-state index in [2.05, 4.69) is 85.0 Å². The first kappa shape index (κ1) is 14.4. The lowest BCUT2D eigenvalue weighted by Gasteiger charge is -2.02. The van der Waals surface area contributed by atoms with Crippen LogP contribution in [0.15, 0.2) is 54.7 Å². The van der Waals surface area contributed by atoms with Crippen molar-refractivity contribution in [1.29, 1.82) is 0 Å². The fraction of sp³-hybridized carbons (Fsp3) is 0.182. The van der Waals surface area contributed by atoms with E-state index < -0.39 is 0 Å². The van der Waals surface area contributed by atoms with Crippen LogP contribution >= 0.6 is 0 Å². The van der Waals surface area contributed by atoms with Gasteiger partial charge >= 0.3 is 0 Å². The third kappa shape index (κ3) is 2.05. The highest BCUT2D eigenvalue weighted by Gasteiger charge is 2.24. The number of benzene rings is 2. The molecule has 5 rings (SSSR count). The summed E-state index contributed by atoms with van der Waals surface area (Å²) in [6, 6.07) is 17.5. The minimum Gasteiger partial charge on any atom is -0.257 e. The fourth-order valence-corrected chi connectivity index (χ4v) is 3.99. The van der Waals surface area contributed by atoms with Crippen molar-refractivity contribution in [2.75, 3.05) is 0 Å². The molecule has 1 aliphatic carbocycles. The molecule has 3 nitrogen and oxygen atoms in total. The van der Waals surface area contributed by atoms with Crippen molar-refractivity contribution < 1.29 is 4.68 Å². The minimum atomic E-state index is 0.932. The molecule has 0 atom stereocenters. The maximum absolute atomic E-state index is 4.73. The van der Waals surface area contributed by atoms with Gasteiger partial charge in [0.05, 0.1) is 18.1 Å². The Kier molecular flexibility index (Phi) is 2.90. The van der Waals surface area contributed by atoms with E-state index in [9.17, 15) is 0 Å². The number of para-hydroxylation sites is 1. The predicted octanol–water partition coefficient (Wildman–Crippen LogP) is 4.04. The van der Waals surface area contributed by atoms with Crippen molar-refractivity contribution >= 4 is 10.9 Å². The number of rotatable bonds is 1. The molecule has 0 N–H and O–H groups in total. The highest BCUT2D eigenvalue weighted by Crippen LogP contribution is 2.37. The van der Waals surface area contributed by atoms with Gasteiger partial charge in [-0.2, -0.15) is 4.68 Å². The van der Waals surface area contributed by atoms with E-state index >= 15 is 0 Å². The number of hydrogen-bond donors (Lipinski definition) is 0. The third-order valence-corrected chi connectivity index (χ3v) is 5.31. The first-order valence-corrected chi connectivity index (χ1v) is 8.69. The topological polar surface area (TPSA) is 21.7 Å². The van der Waals surface area contributed by atoms with Gasteiger partial charge in [0.25, 0.3) is 0 Å². The highest BCUT2D eigenvalue weighted by molar-refractivity contribution is 5.88. The number of hydrogen-bond acceptors (Lipinski definition) is 1. The molecule has 1 aliphatic rings. The third-order valence-electron chi connectivity index (χ3n) is 5.31. The van der Waals surface area contributed by atoms with Crippen LogP contribution in [0.25, 0.3) is 27.7 Å². The summed E-state index contributed by atoms with van der Waals surface area (Å²) < 4.78 is 4.47. The summed E-state index contributed by atoms with van der Waals surface area (Å²) in [5.74, 6) is 0. The second-order valence-electron chi connectivity index (χ2n) is 6.98. The van der Waals surface area contributed by atoms with Gasteiger partial charge in [0.1, 0.15) is 5.52 Å². The van der Waals surface area contributed by atoms with Crippen molar-refractivity contribution in [3.63, 3.8) is 0 Å². The monoisotopic (exact) mass is 326 g/mol. The maximum Gasteiger partial charge on any atom is 0.238 e. The molecule has 25 heavy (non-hydrogen) atoms. The van der Waals surface area contributed by atoms with Crippen LogP contribution < -0.4 is 4.68 Å². The molecule has 3 heteroatoms. The zero-order chi connectivity index (χ0) is 17.1. The summed E-state index contributed by atoms with van der Waals surface area (Å²) in [6.07, 6.45) is 3.17. The zero-order valence-electron chi connectivity index (χ0n) is 14.7. The lowest BCUT2D eigenvalue weighted by atomic mass is 10.0. The first-order valence-electron chi connectivity index (χ1n) is 8.69. The van der Waals surface area contributed by atoms with E-state index in [4.69, 9.17) is 4.98 Å². The van der Waals surface area contributed by atoms with E-state index in [-0.39, 0.29) is 0 Å². The molecule has 0 radical (unpaired) electrons. The molecule has 2 aromatic heterocycles. The van der Waals surface area contributed by atoms with Crippen molar-refractivity contribution in [3.8, 4) is 16.8 Å². The zero-order valence-corrected chi connectivity index (χ0v) is 14.7. The van der Waals surface area contributed by atoms with Crippen molar-refractivity contribution in [2.45, 2.75) is 20.3 Å². The summed E-state index contributed by atoms with van der Waals surface area (Å²) >= 11 is 0. The Balaban J connectivity index is 1.74. The first-order chi connectivity index (χ1) is 12.1. The lowest BCUT2D eigenvalue weighted by Crippen LogP contribution is -2.39. The molecule has 2 aromatic carbocycles. The van der Waals surface area contributed by atoms with E-state index in [1.54, 1.807) is 0 Å². The van der Waals surface area contributed by atoms with Gasteiger partial charge in [0, 0.05) is 29.3 Å². The number of pyridine rings is 1. The summed E-state index contributed by atoms with van der Waals surface area (Å²) in [7, 11) is 2.13. The van der Waals surface area contributed by atoms with Crippen LogP contribution in [0.4, 0.5) is 0 Å². The van der Waals surface area contributed by atoms with Gasteiger partial charge in [0.15, 0.2) is 0 Å². The van der Waals surface area contributed by atoms with E-state index in [0.29, 0.717) is 0 Å². The van der Waals surface area contributed by atoms with E-state index in [0.717, 1.165) is 12.1 Å². The van der Waals surface area contributed by atoms with Crippen molar-refractivity contribution in [3.05, 3.63) is 77.2 Å². The number of aromatic nitrogens is 3. The minimum absolute atomic E-state index is 0.932. The van der Waals surface area contributed by atoms with Crippen LogP contribution in [-0.4, -0.2) is 9.67 Å². The molecule has 0 bridgehead atoms. The van der Waals surface area contributed by atoms with Gasteiger partial charge in [-0.15, -0.1) is 0 Å². The highest BCUT2D eigenvalue weighted by atomic mass is 15.4. The van der Waals surface area contributed by atoms with Gasteiger partial charge in [-0.3, -0.25) is 4.98 Å². The smallest absolute Gasteiger partial charge is 0.238 e. The molecule has 0 unspecified atom stereocenters. The Morgan fingerprint density at radius 1 is 1.00 bits per heavy atom. The second kappa shape index (κ2) is 5.03.